The van der Waals surface area contributed by atoms with Gasteiger partial charge in [0.1, 0.15) is 11.5 Å². The molecule has 1 amide bonds. The van der Waals surface area contributed by atoms with E-state index in [2.05, 4.69) is 0 Å². The van der Waals surface area contributed by atoms with Crippen LogP contribution in [0, 0.1) is 0 Å². The molecule has 0 aliphatic carbocycles. The predicted octanol–water partition coefficient (Wildman–Crippen LogP) is 0.981. The minimum Gasteiger partial charge on any atom is -0.508 e. The second-order valence-electron chi connectivity index (χ2n) is 4.05. The predicted molar refractivity (Wildman–Crippen MR) is 62.8 cm³/mol. The van der Waals surface area contributed by atoms with Gasteiger partial charge in [0, 0.05) is 12.6 Å². The maximum absolute atomic E-state index is 11.9. The Morgan fingerprint density at radius 1 is 1.50 bits per heavy atom. The number of phenolic OH excluding ortho intramolecular Hbond substituents is 1. The molecule has 0 bridgehead atoms. The van der Waals surface area contributed by atoms with Crippen LogP contribution in [0.15, 0.2) is 18.2 Å². The summed E-state index contributed by atoms with van der Waals surface area (Å²) in [7, 11) is 0. The Morgan fingerprint density at radius 3 is 2.89 bits per heavy atom. The minimum absolute atomic E-state index is 0.0356. The second-order valence-corrected chi connectivity index (χ2v) is 4.05. The summed E-state index contributed by atoms with van der Waals surface area (Å²) < 4.78 is 5.36. The summed E-state index contributed by atoms with van der Waals surface area (Å²) in [5.74, 6) is -0.835. The quantitative estimate of drug-likeness (QED) is 0.836. The normalized spacial score (nSPS) is 18.2. The Kier molecular flexibility index (Phi) is 3.10. The molecule has 1 aliphatic heterocycles. The summed E-state index contributed by atoms with van der Waals surface area (Å²) in [6.45, 7) is 1.67. The lowest BCUT2D eigenvalue weighted by Crippen LogP contribution is -2.45. The highest BCUT2D eigenvalue weighted by molar-refractivity contribution is 6.00. The topological polar surface area (TPSA) is 87.1 Å². The molecule has 1 atom stereocenters. The van der Waals surface area contributed by atoms with Gasteiger partial charge in [-0.05, 0) is 19.1 Å². The first kappa shape index (κ1) is 12.2. The number of nitrogens with zero attached hydrogens (tertiary/aromatic N) is 1. The van der Waals surface area contributed by atoms with E-state index >= 15 is 0 Å². The first-order valence-corrected chi connectivity index (χ1v) is 5.52. The van der Waals surface area contributed by atoms with Crippen molar-refractivity contribution >= 4 is 17.6 Å². The van der Waals surface area contributed by atoms with Gasteiger partial charge in [-0.3, -0.25) is 9.59 Å². The standard InChI is InChI=1S/C12H13NO5/c1-7-12(17)13(5-4-11(15)16)9-3-2-8(14)6-10(9)18-7/h2-3,6-7,14H,4-5H2,1H3,(H,15,16). The molecule has 1 aliphatic rings. The Bertz CT molecular complexity index is 499. The number of anilines is 1. The number of rotatable bonds is 3. The van der Waals surface area contributed by atoms with Gasteiger partial charge in [-0.25, -0.2) is 0 Å². The number of carboxylic acid groups (broad SMARTS) is 1. The number of hydrogen-bond acceptors (Lipinski definition) is 4. The van der Waals surface area contributed by atoms with E-state index in [9.17, 15) is 14.7 Å². The molecule has 0 saturated heterocycles. The molecule has 0 radical (unpaired) electrons. The number of carbonyl (C=O) groups is 2. The van der Waals surface area contributed by atoms with Crippen molar-refractivity contribution in [1.29, 1.82) is 0 Å². The number of fused-ring (bicyclic) bond motifs is 1. The molecular weight excluding hydrogens is 238 g/mol. The number of phenols is 1. The Hall–Kier alpha value is -2.24. The fraction of sp³-hybridized carbons (Fsp3) is 0.333. The van der Waals surface area contributed by atoms with Crippen LogP contribution in [0.25, 0.3) is 0 Å². The van der Waals surface area contributed by atoms with Crippen LogP contribution < -0.4 is 9.64 Å². The van der Waals surface area contributed by atoms with Crippen molar-refractivity contribution < 1.29 is 24.5 Å². The van der Waals surface area contributed by atoms with Crippen molar-refractivity contribution in [2.75, 3.05) is 11.4 Å². The lowest BCUT2D eigenvalue weighted by atomic mass is 10.1. The molecule has 6 nitrogen and oxygen atoms in total. The lowest BCUT2D eigenvalue weighted by molar-refractivity contribution is -0.136. The van der Waals surface area contributed by atoms with Crippen molar-refractivity contribution in [3.63, 3.8) is 0 Å². The first-order valence-electron chi connectivity index (χ1n) is 5.52. The van der Waals surface area contributed by atoms with Crippen LogP contribution in [0.5, 0.6) is 11.5 Å². The number of ether oxygens (including phenoxy) is 1. The molecule has 0 spiro atoms. The number of amides is 1. The average molecular weight is 251 g/mol. The van der Waals surface area contributed by atoms with Gasteiger partial charge in [-0.15, -0.1) is 0 Å². The van der Waals surface area contributed by atoms with E-state index in [0.717, 1.165) is 0 Å². The molecule has 1 unspecified atom stereocenters. The highest BCUT2D eigenvalue weighted by Gasteiger charge is 2.31. The average Bonchev–Trinajstić information content (AvgIpc) is 2.29. The van der Waals surface area contributed by atoms with E-state index in [1.54, 1.807) is 6.92 Å². The van der Waals surface area contributed by atoms with Crippen LogP contribution in [-0.2, 0) is 9.59 Å². The first-order chi connectivity index (χ1) is 8.49. The van der Waals surface area contributed by atoms with E-state index in [1.165, 1.54) is 23.1 Å². The van der Waals surface area contributed by atoms with Gasteiger partial charge in [0.2, 0.25) is 0 Å². The minimum atomic E-state index is -0.970. The van der Waals surface area contributed by atoms with Crippen LogP contribution in [-0.4, -0.2) is 34.7 Å². The Labute approximate surface area is 103 Å². The van der Waals surface area contributed by atoms with Gasteiger partial charge in [-0.1, -0.05) is 0 Å². The molecule has 96 valence electrons. The van der Waals surface area contributed by atoms with Crippen molar-refractivity contribution in [2.45, 2.75) is 19.4 Å². The summed E-state index contributed by atoms with van der Waals surface area (Å²) >= 11 is 0. The van der Waals surface area contributed by atoms with E-state index in [1.807, 2.05) is 0 Å². The zero-order valence-corrected chi connectivity index (χ0v) is 9.79. The van der Waals surface area contributed by atoms with Crippen LogP contribution >= 0.6 is 0 Å². The molecule has 18 heavy (non-hydrogen) atoms. The van der Waals surface area contributed by atoms with Gasteiger partial charge < -0.3 is 19.8 Å². The third-order valence-electron chi connectivity index (χ3n) is 2.70. The Balaban J connectivity index is 2.33. The third kappa shape index (κ3) is 2.22. The monoisotopic (exact) mass is 251 g/mol. The molecule has 0 aromatic heterocycles. The summed E-state index contributed by atoms with van der Waals surface area (Å²) in [6, 6.07) is 4.38. The Morgan fingerprint density at radius 2 is 2.22 bits per heavy atom. The van der Waals surface area contributed by atoms with Crippen LogP contribution in [0.1, 0.15) is 13.3 Å². The van der Waals surface area contributed by atoms with Gasteiger partial charge >= 0.3 is 5.97 Å². The third-order valence-corrected chi connectivity index (χ3v) is 2.70. The molecular formula is C12H13NO5. The SMILES string of the molecule is CC1Oc2cc(O)ccc2N(CCC(=O)O)C1=O. The van der Waals surface area contributed by atoms with Crippen LogP contribution in [0.4, 0.5) is 5.69 Å². The van der Waals surface area contributed by atoms with E-state index in [-0.39, 0.29) is 24.6 Å². The number of aromatic hydroxyl groups is 1. The van der Waals surface area contributed by atoms with Gasteiger partial charge in [-0.2, -0.15) is 0 Å². The fourth-order valence-corrected chi connectivity index (χ4v) is 1.84. The number of carbonyl (C=O) groups excluding carboxylic acids is 1. The molecule has 0 fully saturated rings. The summed E-state index contributed by atoms with van der Waals surface area (Å²) in [5.41, 5.74) is 0.483. The van der Waals surface area contributed by atoms with Crippen LogP contribution in [0.2, 0.25) is 0 Å². The molecule has 2 rings (SSSR count). The molecule has 1 heterocycles. The molecule has 2 N–H and O–H groups in total. The number of hydrogen-bond donors (Lipinski definition) is 2. The van der Waals surface area contributed by atoms with Gasteiger partial charge in [0.25, 0.3) is 5.91 Å². The largest absolute Gasteiger partial charge is 0.508 e. The summed E-state index contributed by atoms with van der Waals surface area (Å²) in [6.07, 6.45) is -0.827. The maximum Gasteiger partial charge on any atom is 0.305 e. The van der Waals surface area contributed by atoms with Gasteiger partial charge in [0.15, 0.2) is 6.10 Å². The molecule has 1 aromatic carbocycles. The summed E-state index contributed by atoms with van der Waals surface area (Å²) in [4.78, 5) is 23.9. The smallest absolute Gasteiger partial charge is 0.305 e. The van der Waals surface area contributed by atoms with E-state index < -0.39 is 12.1 Å². The maximum atomic E-state index is 11.9. The van der Waals surface area contributed by atoms with Gasteiger partial charge in [0.05, 0.1) is 12.1 Å². The number of benzene rings is 1. The number of aliphatic carboxylic acids is 1. The second kappa shape index (κ2) is 4.56. The van der Waals surface area contributed by atoms with E-state index in [0.29, 0.717) is 11.4 Å². The fourth-order valence-electron chi connectivity index (χ4n) is 1.84. The summed E-state index contributed by atoms with van der Waals surface area (Å²) in [5, 5.41) is 18.0. The van der Waals surface area contributed by atoms with Crippen molar-refractivity contribution in [3.05, 3.63) is 18.2 Å². The highest BCUT2D eigenvalue weighted by atomic mass is 16.5. The molecule has 1 aromatic rings. The lowest BCUT2D eigenvalue weighted by Gasteiger charge is -2.32. The highest BCUT2D eigenvalue weighted by Crippen LogP contribution is 2.36. The molecule has 0 saturated carbocycles. The van der Waals surface area contributed by atoms with Crippen molar-refractivity contribution in [2.24, 2.45) is 0 Å². The molecule has 6 heteroatoms. The van der Waals surface area contributed by atoms with E-state index in [4.69, 9.17) is 9.84 Å². The van der Waals surface area contributed by atoms with Crippen molar-refractivity contribution in [1.82, 2.24) is 0 Å². The van der Waals surface area contributed by atoms with Crippen molar-refractivity contribution in [3.8, 4) is 11.5 Å². The zero-order chi connectivity index (χ0) is 13.3. The number of carboxylic acids is 1. The van der Waals surface area contributed by atoms with Crippen LogP contribution in [0.3, 0.4) is 0 Å². The zero-order valence-electron chi connectivity index (χ0n) is 9.79.